The van der Waals surface area contributed by atoms with Gasteiger partial charge >= 0.3 is 0 Å². The summed E-state index contributed by atoms with van der Waals surface area (Å²) in [4.78, 5) is 15.8. The minimum atomic E-state index is -0.0693. The molecule has 1 heterocycles. The standard InChI is InChI=1S/C18H20N2O3S/c1-22-13-7-8-14(16(11-13)23-2)19-18(21)12-20-9-10-24-17-6-4-3-5-15(17)20/h3-8,11H,9-10,12H2,1-2H3,(H,19,21). The lowest BCUT2D eigenvalue weighted by Gasteiger charge is -2.30. The van der Waals surface area contributed by atoms with E-state index in [2.05, 4.69) is 22.3 Å². The van der Waals surface area contributed by atoms with Crippen LogP contribution in [0.15, 0.2) is 47.4 Å². The molecule has 1 aliphatic rings. The molecular weight excluding hydrogens is 324 g/mol. The van der Waals surface area contributed by atoms with Crippen molar-refractivity contribution in [2.45, 2.75) is 4.90 Å². The molecule has 0 aliphatic carbocycles. The summed E-state index contributed by atoms with van der Waals surface area (Å²) in [6, 6.07) is 13.5. The van der Waals surface area contributed by atoms with Crippen LogP contribution >= 0.6 is 11.8 Å². The summed E-state index contributed by atoms with van der Waals surface area (Å²) in [5.41, 5.74) is 1.76. The third-order valence-electron chi connectivity index (χ3n) is 3.84. The zero-order valence-corrected chi connectivity index (χ0v) is 14.6. The fourth-order valence-electron chi connectivity index (χ4n) is 2.66. The molecule has 0 radical (unpaired) electrons. The highest BCUT2D eigenvalue weighted by Crippen LogP contribution is 2.34. The van der Waals surface area contributed by atoms with Crippen LogP contribution in [0.5, 0.6) is 11.5 Å². The van der Waals surface area contributed by atoms with Crippen LogP contribution in [-0.4, -0.2) is 39.0 Å². The Morgan fingerprint density at radius 3 is 2.83 bits per heavy atom. The summed E-state index contributed by atoms with van der Waals surface area (Å²) in [5.74, 6) is 2.18. The van der Waals surface area contributed by atoms with E-state index in [0.717, 1.165) is 18.0 Å². The Balaban J connectivity index is 1.71. The molecule has 0 unspecified atom stereocenters. The quantitative estimate of drug-likeness (QED) is 0.902. The van der Waals surface area contributed by atoms with Gasteiger partial charge in [-0.3, -0.25) is 4.79 Å². The van der Waals surface area contributed by atoms with Crippen molar-refractivity contribution in [1.82, 2.24) is 0 Å². The number of methoxy groups -OCH3 is 2. The van der Waals surface area contributed by atoms with Crippen LogP contribution in [0.2, 0.25) is 0 Å². The first kappa shape index (κ1) is 16.5. The van der Waals surface area contributed by atoms with Gasteiger partial charge in [0, 0.05) is 23.3 Å². The van der Waals surface area contributed by atoms with Crippen molar-refractivity contribution in [3.63, 3.8) is 0 Å². The van der Waals surface area contributed by atoms with Crippen LogP contribution in [0, 0.1) is 0 Å². The van der Waals surface area contributed by atoms with E-state index in [9.17, 15) is 4.79 Å². The molecule has 126 valence electrons. The van der Waals surface area contributed by atoms with Crippen LogP contribution in [0.1, 0.15) is 0 Å². The number of benzene rings is 2. The van der Waals surface area contributed by atoms with Gasteiger partial charge in [0.15, 0.2) is 0 Å². The van der Waals surface area contributed by atoms with E-state index < -0.39 is 0 Å². The number of hydrogen-bond donors (Lipinski definition) is 1. The van der Waals surface area contributed by atoms with Crippen molar-refractivity contribution < 1.29 is 14.3 Å². The Bertz CT molecular complexity index is 736. The summed E-state index contributed by atoms with van der Waals surface area (Å²) < 4.78 is 10.5. The maximum atomic E-state index is 12.5. The molecule has 0 atom stereocenters. The lowest BCUT2D eigenvalue weighted by molar-refractivity contribution is -0.115. The molecule has 1 N–H and O–H groups in total. The molecule has 5 nitrogen and oxygen atoms in total. The minimum absolute atomic E-state index is 0.0693. The molecule has 2 aromatic rings. The normalized spacial score (nSPS) is 13.2. The van der Waals surface area contributed by atoms with Gasteiger partial charge in [0.25, 0.3) is 0 Å². The molecule has 2 aromatic carbocycles. The summed E-state index contributed by atoms with van der Waals surface area (Å²) in [7, 11) is 3.17. The van der Waals surface area contributed by atoms with E-state index in [1.165, 1.54) is 4.90 Å². The second kappa shape index (κ2) is 7.49. The summed E-state index contributed by atoms with van der Waals surface area (Å²) >= 11 is 1.83. The molecule has 0 saturated carbocycles. The maximum Gasteiger partial charge on any atom is 0.243 e. The molecular formula is C18H20N2O3S. The number of carbonyl (C=O) groups excluding carboxylic acids is 1. The number of carbonyl (C=O) groups is 1. The van der Waals surface area contributed by atoms with Gasteiger partial charge in [-0.15, -0.1) is 11.8 Å². The predicted molar refractivity (Wildman–Crippen MR) is 97.6 cm³/mol. The van der Waals surface area contributed by atoms with E-state index in [0.29, 0.717) is 23.7 Å². The number of fused-ring (bicyclic) bond motifs is 1. The zero-order valence-electron chi connectivity index (χ0n) is 13.7. The third kappa shape index (κ3) is 3.59. The minimum Gasteiger partial charge on any atom is -0.497 e. The lowest BCUT2D eigenvalue weighted by atomic mass is 10.2. The first-order valence-electron chi connectivity index (χ1n) is 7.70. The monoisotopic (exact) mass is 344 g/mol. The smallest absolute Gasteiger partial charge is 0.243 e. The van der Waals surface area contributed by atoms with Crippen molar-refractivity contribution in [3.05, 3.63) is 42.5 Å². The number of hydrogen-bond acceptors (Lipinski definition) is 5. The van der Waals surface area contributed by atoms with Crippen molar-refractivity contribution in [2.75, 3.05) is 43.3 Å². The lowest BCUT2D eigenvalue weighted by Crippen LogP contribution is -2.36. The van der Waals surface area contributed by atoms with Gasteiger partial charge in [0.05, 0.1) is 32.1 Å². The molecule has 0 fully saturated rings. The number of nitrogens with one attached hydrogen (secondary N) is 1. The average Bonchev–Trinajstić information content (AvgIpc) is 2.62. The fraction of sp³-hybridized carbons (Fsp3) is 0.278. The number of para-hydroxylation sites is 1. The van der Waals surface area contributed by atoms with E-state index in [1.807, 2.05) is 23.9 Å². The van der Waals surface area contributed by atoms with Gasteiger partial charge in [-0.2, -0.15) is 0 Å². The van der Waals surface area contributed by atoms with Crippen molar-refractivity contribution in [3.8, 4) is 11.5 Å². The summed E-state index contributed by atoms with van der Waals surface area (Å²) in [6.07, 6.45) is 0. The number of amides is 1. The molecule has 0 bridgehead atoms. The zero-order chi connectivity index (χ0) is 16.9. The van der Waals surface area contributed by atoms with E-state index in [-0.39, 0.29) is 5.91 Å². The molecule has 3 rings (SSSR count). The van der Waals surface area contributed by atoms with Crippen molar-refractivity contribution >= 4 is 29.0 Å². The van der Waals surface area contributed by atoms with Crippen LogP contribution in [0.3, 0.4) is 0 Å². The molecule has 1 aliphatic heterocycles. The van der Waals surface area contributed by atoms with Crippen LogP contribution < -0.4 is 19.7 Å². The van der Waals surface area contributed by atoms with Gasteiger partial charge in [0.1, 0.15) is 11.5 Å². The first-order chi connectivity index (χ1) is 11.7. The third-order valence-corrected chi connectivity index (χ3v) is 4.88. The Hall–Kier alpha value is -2.34. The Morgan fingerprint density at radius 1 is 1.21 bits per heavy atom. The van der Waals surface area contributed by atoms with E-state index in [4.69, 9.17) is 9.47 Å². The largest absolute Gasteiger partial charge is 0.497 e. The van der Waals surface area contributed by atoms with Crippen LogP contribution in [-0.2, 0) is 4.79 Å². The van der Waals surface area contributed by atoms with Crippen molar-refractivity contribution in [2.24, 2.45) is 0 Å². The van der Waals surface area contributed by atoms with Gasteiger partial charge in [0.2, 0.25) is 5.91 Å². The summed E-state index contributed by atoms with van der Waals surface area (Å²) in [6.45, 7) is 1.17. The summed E-state index contributed by atoms with van der Waals surface area (Å²) in [5, 5.41) is 2.92. The Morgan fingerprint density at radius 2 is 2.04 bits per heavy atom. The van der Waals surface area contributed by atoms with Crippen LogP contribution in [0.4, 0.5) is 11.4 Å². The number of nitrogens with zero attached hydrogens (tertiary/aromatic N) is 1. The predicted octanol–water partition coefficient (Wildman–Crippen LogP) is 3.25. The van der Waals surface area contributed by atoms with E-state index >= 15 is 0 Å². The van der Waals surface area contributed by atoms with Crippen molar-refractivity contribution in [1.29, 1.82) is 0 Å². The number of rotatable bonds is 5. The first-order valence-corrected chi connectivity index (χ1v) is 8.68. The molecule has 0 saturated heterocycles. The highest BCUT2D eigenvalue weighted by molar-refractivity contribution is 7.99. The van der Waals surface area contributed by atoms with Gasteiger partial charge in [-0.25, -0.2) is 0 Å². The van der Waals surface area contributed by atoms with Crippen LogP contribution in [0.25, 0.3) is 0 Å². The SMILES string of the molecule is COc1ccc(NC(=O)CN2CCSc3ccccc32)c(OC)c1. The number of thioether (sulfide) groups is 1. The second-order valence-electron chi connectivity index (χ2n) is 5.35. The Kier molecular flexibility index (Phi) is 5.15. The second-order valence-corrected chi connectivity index (χ2v) is 6.49. The van der Waals surface area contributed by atoms with Gasteiger partial charge in [-0.05, 0) is 24.3 Å². The Labute approximate surface area is 145 Å². The molecule has 24 heavy (non-hydrogen) atoms. The number of anilines is 2. The van der Waals surface area contributed by atoms with Gasteiger partial charge < -0.3 is 19.7 Å². The molecule has 0 spiro atoms. The highest BCUT2D eigenvalue weighted by atomic mass is 32.2. The molecule has 1 amide bonds. The number of ether oxygens (including phenoxy) is 2. The topological polar surface area (TPSA) is 50.8 Å². The maximum absolute atomic E-state index is 12.5. The molecule has 6 heteroatoms. The fourth-order valence-corrected chi connectivity index (χ4v) is 3.71. The average molecular weight is 344 g/mol. The molecule has 0 aromatic heterocycles. The van der Waals surface area contributed by atoms with E-state index in [1.54, 1.807) is 32.4 Å². The highest BCUT2D eigenvalue weighted by Gasteiger charge is 2.19. The van der Waals surface area contributed by atoms with Gasteiger partial charge in [-0.1, -0.05) is 12.1 Å².